The van der Waals surface area contributed by atoms with E-state index in [2.05, 4.69) is 19.8 Å². The van der Waals surface area contributed by atoms with Gasteiger partial charge in [0.05, 0.1) is 0 Å². The van der Waals surface area contributed by atoms with Gasteiger partial charge in [-0.3, -0.25) is 14.5 Å². The lowest BCUT2D eigenvalue weighted by molar-refractivity contribution is -0.135. The van der Waals surface area contributed by atoms with E-state index in [-0.39, 0.29) is 5.91 Å². The normalized spacial score (nSPS) is 21.4. The Morgan fingerprint density at radius 1 is 0.806 bits per heavy atom. The van der Waals surface area contributed by atoms with E-state index >= 15 is 0 Å². The number of piperazine rings is 2. The summed E-state index contributed by atoms with van der Waals surface area (Å²) in [5, 5.41) is 0. The van der Waals surface area contributed by atoms with Crippen LogP contribution in [-0.4, -0.2) is 95.4 Å². The van der Waals surface area contributed by atoms with E-state index < -0.39 is 0 Å². The van der Waals surface area contributed by atoms with Gasteiger partial charge in [-0.15, -0.1) is 0 Å². The molecular weight excluding hydrogens is 392 g/mol. The number of carbonyl (C=O) groups excluding carboxylic acids is 2. The molecule has 0 aromatic carbocycles. The Morgan fingerprint density at radius 3 is 2.10 bits per heavy atom. The van der Waals surface area contributed by atoms with Gasteiger partial charge in [-0.25, -0.2) is 9.97 Å². The molecule has 2 aliphatic heterocycles. The predicted octanol–water partition coefficient (Wildman–Crippen LogP) is 1.63. The minimum absolute atomic E-state index is 0.226. The Labute approximate surface area is 185 Å². The molecular formula is C23H36N6O2. The van der Waals surface area contributed by atoms with Crippen LogP contribution < -0.4 is 4.90 Å². The molecule has 1 aliphatic carbocycles. The molecule has 8 nitrogen and oxygen atoms in total. The van der Waals surface area contributed by atoms with Crippen molar-refractivity contribution in [3.63, 3.8) is 0 Å². The van der Waals surface area contributed by atoms with Crippen LogP contribution in [0.15, 0.2) is 18.5 Å². The van der Waals surface area contributed by atoms with Crippen molar-refractivity contribution in [2.75, 3.05) is 63.8 Å². The molecule has 8 heteroatoms. The third kappa shape index (κ3) is 6.15. The number of anilines is 1. The molecule has 3 fully saturated rings. The summed E-state index contributed by atoms with van der Waals surface area (Å²) in [6.45, 7) is 7.14. The molecule has 0 bridgehead atoms. The van der Waals surface area contributed by atoms with Crippen molar-refractivity contribution in [2.45, 2.75) is 44.9 Å². The predicted molar refractivity (Wildman–Crippen MR) is 120 cm³/mol. The first-order valence-corrected chi connectivity index (χ1v) is 12.0. The van der Waals surface area contributed by atoms with Crippen molar-refractivity contribution in [1.82, 2.24) is 24.7 Å². The third-order valence-electron chi connectivity index (χ3n) is 7.02. The lowest BCUT2D eigenvalue weighted by atomic mass is 9.86. The fourth-order valence-corrected chi connectivity index (χ4v) is 5.01. The fraction of sp³-hybridized carbons (Fsp3) is 0.739. The topological polar surface area (TPSA) is 72.9 Å². The molecule has 2 amide bonds. The number of aromatic nitrogens is 2. The lowest BCUT2D eigenvalue weighted by Gasteiger charge is -2.37. The summed E-state index contributed by atoms with van der Waals surface area (Å²) in [7, 11) is 0. The first-order valence-electron chi connectivity index (χ1n) is 12.0. The second-order valence-electron chi connectivity index (χ2n) is 9.10. The fourth-order valence-electron chi connectivity index (χ4n) is 5.01. The Balaban J connectivity index is 1.12. The minimum Gasteiger partial charge on any atom is -0.340 e. The van der Waals surface area contributed by atoms with E-state index in [4.69, 9.17) is 0 Å². The summed E-state index contributed by atoms with van der Waals surface area (Å²) >= 11 is 0. The van der Waals surface area contributed by atoms with Gasteiger partial charge in [-0.1, -0.05) is 19.3 Å². The Bertz CT molecular complexity index is 708. The standard InChI is InChI=1S/C23H36N6O2/c30-21(27-15-17-29(18-16-27)23-24-8-4-9-25-23)7-10-26-11-13-28(14-12-26)22(31)19-20-5-2-1-3-6-20/h4,8-9,20H,1-3,5-7,10-19H2. The van der Waals surface area contributed by atoms with Gasteiger partial charge in [0.25, 0.3) is 0 Å². The van der Waals surface area contributed by atoms with Gasteiger partial charge in [0, 0.05) is 84.1 Å². The number of carbonyl (C=O) groups is 2. The van der Waals surface area contributed by atoms with Crippen LogP contribution in [0.5, 0.6) is 0 Å². The molecule has 31 heavy (non-hydrogen) atoms. The van der Waals surface area contributed by atoms with Crippen molar-refractivity contribution in [1.29, 1.82) is 0 Å². The monoisotopic (exact) mass is 428 g/mol. The molecule has 0 radical (unpaired) electrons. The molecule has 170 valence electrons. The van der Waals surface area contributed by atoms with Crippen LogP contribution >= 0.6 is 0 Å². The summed E-state index contributed by atoms with van der Waals surface area (Å²) in [6, 6.07) is 1.82. The molecule has 3 heterocycles. The Morgan fingerprint density at radius 2 is 1.42 bits per heavy atom. The van der Waals surface area contributed by atoms with Gasteiger partial charge < -0.3 is 14.7 Å². The third-order valence-corrected chi connectivity index (χ3v) is 7.02. The minimum atomic E-state index is 0.226. The van der Waals surface area contributed by atoms with Crippen LogP contribution in [0.4, 0.5) is 5.95 Å². The second-order valence-corrected chi connectivity index (χ2v) is 9.10. The molecule has 4 rings (SSSR count). The van der Waals surface area contributed by atoms with E-state index in [9.17, 15) is 9.59 Å². The molecule has 3 aliphatic rings. The van der Waals surface area contributed by atoms with E-state index in [1.807, 2.05) is 15.9 Å². The lowest BCUT2D eigenvalue weighted by Crippen LogP contribution is -2.51. The molecule has 1 aromatic heterocycles. The Hall–Kier alpha value is -2.22. The van der Waals surface area contributed by atoms with Crippen molar-refractivity contribution < 1.29 is 9.59 Å². The Kier molecular flexibility index (Phi) is 7.72. The molecule has 0 atom stereocenters. The van der Waals surface area contributed by atoms with Crippen molar-refractivity contribution in [3.05, 3.63) is 18.5 Å². The quantitative estimate of drug-likeness (QED) is 0.686. The summed E-state index contributed by atoms with van der Waals surface area (Å²) in [6.07, 6.45) is 11.1. The second kappa shape index (κ2) is 10.9. The summed E-state index contributed by atoms with van der Waals surface area (Å²) < 4.78 is 0. The van der Waals surface area contributed by atoms with Crippen molar-refractivity contribution in [2.24, 2.45) is 5.92 Å². The van der Waals surface area contributed by atoms with E-state index in [1.54, 1.807) is 12.4 Å². The van der Waals surface area contributed by atoms with E-state index in [1.165, 1.54) is 32.1 Å². The zero-order valence-corrected chi connectivity index (χ0v) is 18.6. The summed E-state index contributed by atoms with van der Waals surface area (Å²) in [5.41, 5.74) is 0. The van der Waals surface area contributed by atoms with Crippen LogP contribution in [0.2, 0.25) is 0 Å². The van der Waals surface area contributed by atoms with Crippen LogP contribution in [0, 0.1) is 5.92 Å². The van der Waals surface area contributed by atoms with Crippen LogP contribution in [0.25, 0.3) is 0 Å². The number of hydrogen-bond acceptors (Lipinski definition) is 6. The largest absolute Gasteiger partial charge is 0.340 e. The number of amides is 2. The maximum atomic E-state index is 12.7. The average molecular weight is 429 g/mol. The van der Waals surface area contributed by atoms with Gasteiger partial charge in [-0.2, -0.15) is 0 Å². The van der Waals surface area contributed by atoms with Crippen LogP contribution in [0.1, 0.15) is 44.9 Å². The van der Waals surface area contributed by atoms with Crippen molar-refractivity contribution >= 4 is 17.8 Å². The summed E-state index contributed by atoms with van der Waals surface area (Å²) in [5.74, 6) is 1.91. The molecule has 0 spiro atoms. The molecule has 2 saturated heterocycles. The van der Waals surface area contributed by atoms with Gasteiger partial charge in [-0.05, 0) is 24.8 Å². The number of rotatable bonds is 6. The molecule has 1 aromatic rings. The SMILES string of the molecule is O=C(CCN1CCN(C(=O)CC2CCCCC2)CC1)N1CCN(c2ncccn2)CC1. The highest BCUT2D eigenvalue weighted by Gasteiger charge is 2.26. The maximum Gasteiger partial charge on any atom is 0.225 e. The van der Waals surface area contributed by atoms with Crippen LogP contribution in [-0.2, 0) is 9.59 Å². The smallest absolute Gasteiger partial charge is 0.225 e. The molecule has 1 saturated carbocycles. The maximum absolute atomic E-state index is 12.7. The van der Waals surface area contributed by atoms with Gasteiger partial charge >= 0.3 is 0 Å². The summed E-state index contributed by atoms with van der Waals surface area (Å²) in [4.78, 5) is 42.3. The highest BCUT2D eigenvalue weighted by molar-refractivity contribution is 5.77. The van der Waals surface area contributed by atoms with Crippen LogP contribution in [0.3, 0.4) is 0 Å². The highest BCUT2D eigenvalue weighted by Crippen LogP contribution is 2.27. The first-order chi connectivity index (χ1) is 15.2. The molecule has 0 unspecified atom stereocenters. The van der Waals surface area contributed by atoms with Gasteiger partial charge in [0.15, 0.2) is 0 Å². The van der Waals surface area contributed by atoms with Gasteiger partial charge in [0.1, 0.15) is 0 Å². The van der Waals surface area contributed by atoms with Gasteiger partial charge in [0.2, 0.25) is 17.8 Å². The molecule has 0 N–H and O–H groups in total. The number of hydrogen-bond donors (Lipinski definition) is 0. The zero-order chi connectivity index (χ0) is 21.5. The zero-order valence-electron chi connectivity index (χ0n) is 18.6. The highest BCUT2D eigenvalue weighted by atomic mass is 16.2. The van der Waals surface area contributed by atoms with Crippen molar-refractivity contribution in [3.8, 4) is 0 Å². The number of nitrogens with zero attached hydrogens (tertiary/aromatic N) is 6. The van der Waals surface area contributed by atoms with E-state index in [0.29, 0.717) is 18.2 Å². The first kappa shape index (κ1) is 22.0. The van der Waals surface area contributed by atoms with E-state index in [0.717, 1.165) is 71.3 Å². The average Bonchev–Trinajstić information content (AvgIpc) is 2.84.